The van der Waals surface area contributed by atoms with Crippen molar-refractivity contribution in [2.45, 2.75) is 5.92 Å². The van der Waals surface area contributed by atoms with Gasteiger partial charge >= 0.3 is 6.09 Å². The number of alkyl carbamates (subject to hydrolysis) is 1. The lowest BCUT2D eigenvalue weighted by Crippen LogP contribution is -2.26. The number of aromatic hydroxyl groups is 1. The Morgan fingerprint density at radius 3 is 2.31 bits per heavy atom. The third-order valence-corrected chi connectivity index (χ3v) is 5.55. The van der Waals surface area contributed by atoms with E-state index < -0.39 is 6.09 Å². The number of benzene rings is 3. The highest BCUT2D eigenvalue weighted by Gasteiger charge is 2.28. The molecule has 0 aliphatic heterocycles. The summed E-state index contributed by atoms with van der Waals surface area (Å²) in [5.41, 5.74) is 5.29. The molecule has 2 N–H and O–H groups in total. The smallest absolute Gasteiger partial charge is 0.407 e. The van der Waals surface area contributed by atoms with E-state index in [1.54, 1.807) is 18.2 Å². The number of carbonyl (C=O) groups excluding carboxylic acids is 2. The average molecular weight is 429 g/mol. The van der Waals surface area contributed by atoms with Crippen LogP contribution in [0.1, 0.15) is 33.0 Å². The fraction of sp³-hybridized carbons (Fsp3) is 0.154. The number of ether oxygens (including phenoxy) is 2. The van der Waals surface area contributed by atoms with Crippen LogP contribution in [0.2, 0.25) is 0 Å². The standard InChI is InChI=1S/C26H23NO5/c1-31-24-13-12-17(15-28)18(25(24)29)11-6-14-27-26(30)32-16-23-21-9-4-2-7-19(21)20-8-3-5-10-22(20)23/h2-13,15,23,29H,14,16H2,1H3,(H,27,30). The van der Waals surface area contributed by atoms with E-state index in [1.807, 2.05) is 24.3 Å². The first-order valence-corrected chi connectivity index (χ1v) is 10.2. The van der Waals surface area contributed by atoms with E-state index in [4.69, 9.17) is 9.47 Å². The SMILES string of the molecule is COc1ccc(C=O)c(C=CCNC(=O)OCC2c3ccccc3-c3ccccc32)c1O. The van der Waals surface area contributed by atoms with Crippen molar-refractivity contribution in [2.75, 3.05) is 20.3 Å². The van der Waals surface area contributed by atoms with Crippen LogP contribution >= 0.6 is 0 Å². The van der Waals surface area contributed by atoms with Crippen LogP contribution in [0.3, 0.4) is 0 Å². The van der Waals surface area contributed by atoms with Gasteiger partial charge in [-0.1, -0.05) is 60.7 Å². The largest absolute Gasteiger partial charge is 0.504 e. The molecule has 32 heavy (non-hydrogen) atoms. The van der Waals surface area contributed by atoms with Gasteiger partial charge in [0, 0.05) is 23.6 Å². The summed E-state index contributed by atoms with van der Waals surface area (Å²) in [5.74, 6) is 0.127. The second-order valence-electron chi connectivity index (χ2n) is 7.35. The van der Waals surface area contributed by atoms with E-state index >= 15 is 0 Å². The highest BCUT2D eigenvalue weighted by atomic mass is 16.5. The Kier molecular flexibility index (Phi) is 6.22. The Morgan fingerprint density at radius 1 is 1.03 bits per heavy atom. The summed E-state index contributed by atoms with van der Waals surface area (Å²) in [5, 5.41) is 12.9. The lowest BCUT2D eigenvalue weighted by molar-refractivity contribution is 0.112. The molecule has 0 bridgehead atoms. The number of phenolic OH excluding ortho intramolecular Hbond substituents is 1. The van der Waals surface area contributed by atoms with Gasteiger partial charge in [0.25, 0.3) is 0 Å². The summed E-state index contributed by atoms with van der Waals surface area (Å²) >= 11 is 0. The van der Waals surface area contributed by atoms with Gasteiger partial charge in [0.2, 0.25) is 0 Å². The summed E-state index contributed by atoms with van der Waals surface area (Å²) in [4.78, 5) is 23.5. The minimum Gasteiger partial charge on any atom is -0.504 e. The van der Waals surface area contributed by atoms with Gasteiger partial charge in [-0.3, -0.25) is 4.79 Å². The molecule has 1 amide bonds. The van der Waals surface area contributed by atoms with E-state index in [9.17, 15) is 14.7 Å². The number of fused-ring (bicyclic) bond motifs is 3. The molecule has 3 aromatic rings. The quantitative estimate of drug-likeness (QED) is 0.529. The van der Waals surface area contributed by atoms with Gasteiger partial charge < -0.3 is 19.9 Å². The number of aldehydes is 1. The Labute approximate surface area is 186 Å². The van der Waals surface area contributed by atoms with Crippen molar-refractivity contribution in [1.82, 2.24) is 5.32 Å². The van der Waals surface area contributed by atoms with Gasteiger partial charge in [-0.2, -0.15) is 0 Å². The van der Waals surface area contributed by atoms with Gasteiger partial charge in [-0.25, -0.2) is 4.79 Å². The van der Waals surface area contributed by atoms with E-state index in [2.05, 4.69) is 29.6 Å². The molecular weight excluding hydrogens is 406 g/mol. The van der Waals surface area contributed by atoms with Crippen LogP contribution < -0.4 is 10.1 Å². The molecule has 6 heteroatoms. The molecular formula is C26H23NO5. The van der Waals surface area contributed by atoms with Crippen LogP contribution in [0.4, 0.5) is 4.79 Å². The minimum absolute atomic E-state index is 0.00688. The minimum atomic E-state index is -0.540. The molecule has 1 aliphatic rings. The third kappa shape index (κ3) is 4.07. The molecule has 0 spiro atoms. The molecule has 0 saturated heterocycles. The number of carbonyl (C=O) groups is 2. The van der Waals surface area contributed by atoms with Crippen LogP contribution in [0.5, 0.6) is 11.5 Å². The first-order valence-electron chi connectivity index (χ1n) is 10.2. The van der Waals surface area contributed by atoms with Crippen molar-refractivity contribution in [3.05, 3.63) is 89.0 Å². The molecule has 0 unspecified atom stereocenters. The lowest BCUT2D eigenvalue weighted by atomic mass is 9.98. The maximum atomic E-state index is 12.2. The van der Waals surface area contributed by atoms with Crippen LogP contribution in [0.25, 0.3) is 17.2 Å². The molecule has 0 heterocycles. The Hall–Kier alpha value is -4.06. The van der Waals surface area contributed by atoms with E-state index in [0.29, 0.717) is 17.4 Å². The second-order valence-corrected chi connectivity index (χ2v) is 7.35. The van der Waals surface area contributed by atoms with Crippen molar-refractivity contribution in [2.24, 2.45) is 0 Å². The normalized spacial score (nSPS) is 12.3. The maximum Gasteiger partial charge on any atom is 0.407 e. The summed E-state index contributed by atoms with van der Waals surface area (Å²) in [6.07, 6.45) is 3.30. The number of hydrogen-bond acceptors (Lipinski definition) is 5. The van der Waals surface area contributed by atoms with Crippen molar-refractivity contribution in [3.8, 4) is 22.6 Å². The molecule has 3 aromatic carbocycles. The number of methoxy groups -OCH3 is 1. The van der Waals surface area contributed by atoms with Crippen LogP contribution in [-0.4, -0.2) is 37.7 Å². The van der Waals surface area contributed by atoms with Gasteiger partial charge in [0.15, 0.2) is 17.8 Å². The second kappa shape index (κ2) is 9.39. The van der Waals surface area contributed by atoms with E-state index in [1.165, 1.54) is 24.3 Å². The Balaban J connectivity index is 1.37. The van der Waals surface area contributed by atoms with Crippen molar-refractivity contribution in [3.63, 3.8) is 0 Å². The summed E-state index contributed by atoms with van der Waals surface area (Å²) in [6, 6.07) is 19.4. The first kappa shape index (κ1) is 21.2. The highest BCUT2D eigenvalue weighted by molar-refractivity contribution is 5.85. The Bertz CT molecular complexity index is 1140. The monoisotopic (exact) mass is 429 g/mol. The molecule has 0 saturated carbocycles. The van der Waals surface area contributed by atoms with Gasteiger partial charge in [-0.05, 0) is 34.4 Å². The number of rotatable bonds is 7. The van der Waals surface area contributed by atoms with Gasteiger partial charge in [-0.15, -0.1) is 0 Å². The van der Waals surface area contributed by atoms with Crippen molar-refractivity contribution >= 4 is 18.5 Å². The topological polar surface area (TPSA) is 84.9 Å². The van der Waals surface area contributed by atoms with Gasteiger partial charge in [0.1, 0.15) is 6.61 Å². The van der Waals surface area contributed by atoms with Gasteiger partial charge in [0.05, 0.1) is 7.11 Å². The van der Waals surface area contributed by atoms with Crippen LogP contribution in [-0.2, 0) is 4.74 Å². The van der Waals surface area contributed by atoms with Crippen LogP contribution in [0, 0.1) is 0 Å². The molecule has 0 fully saturated rings. The predicted octanol–water partition coefficient (Wildman–Crippen LogP) is 4.77. The third-order valence-electron chi connectivity index (χ3n) is 5.55. The molecule has 162 valence electrons. The molecule has 1 aliphatic carbocycles. The summed E-state index contributed by atoms with van der Waals surface area (Å²) in [6.45, 7) is 0.404. The first-order chi connectivity index (χ1) is 15.6. The number of nitrogens with one attached hydrogen (secondary N) is 1. The fourth-order valence-electron chi connectivity index (χ4n) is 4.01. The predicted molar refractivity (Wildman–Crippen MR) is 122 cm³/mol. The lowest BCUT2D eigenvalue weighted by Gasteiger charge is -2.14. The zero-order valence-electron chi connectivity index (χ0n) is 17.6. The van der Waals surface area contributed by atoms with Crippen molar-refractivity contribution < 1.29 is 24.2 Å². The molecule has 6 nitrogen and oxygen atoms in total. The molecule has 0 aromatic heterocycles. The Morgan fingerprint density at radius 2 is 1.69 bits per heavy atom. The maximum absolute atomic E-state index is 12.2. The van der Waals surface area contributed by atoms with E-state index in [-0.39, 0.29) is 30.6 Å². The fourth-order valence-corrected chi connectivity index (χ4v) is 4.01. The summed E-state index contributed by atoms with van der Waals surface area (Å²) in [7, 11) is 1.43. The van der Waals surface area contributed by atoms with Crippen molar-refractivity contribution in [1.29, 1.82) is 0 Å². The molecule has 4 rings (SSSR count). The highest BCUT2D eigenvalue weighted by Crippen LogP contribution is 2.44. The summed E-state index contributed by atoms with van der Waals surface area (Å²) < 4.78 is 10.6. The zero-order chi connectivity index (χ0) is 22.5. The number of hydrogen-bond donors (Lipinski definition) is 2. The zero-order valence-corrected chi connectivity index (χ0v) is 17.6. The molecule has 0 radical (unpaired) electrons. The average Bonchev–Trinajstić information content (AvgIpc) is 3.15. The van der Waals surface area contributed by atoms with Crippen LogP contribution in [0.15, 0.2) is 66.7 Å². The number of phenols is 1. The molecule has 0 atom stereocenters. The van der Waals surface area contributed by atoms with E-state index in [0.717, 1.165) is 11.1 Å². The number of amides is 1.